The first-order valence-corrected chi connectivity index (χ1v) is 7.91. The molecule has 2 heterocycles. The summed E-state index contributed by atoms with van der Waals surface area (Å²) in [7, 11) is 0. The molecule has 3 aromatic rings. The Bertz CT molecular complexity index is 829. The molecule has 0 aliphatic heterocycles. The number of aromatic amines is 1. The molecule has 4 nitrogen and oxygen atoms in total. The zero-order chi connectivity index (χ0) is 14.8. The summed E-state index contributed by atoms with van der Waals surface area (Å²) in [6.45, 7) is 0. The van der Waals surface area contributed by atoms with Crippen LogP contribution in [0.4, 0.5) is 0 Å². The second-order valence-corrected chi connectivity index (χ2v) is 6.17. The van der Waals surface area contributed by atoms with Crippen LogP contribution in [0.25, 0.3) is 10.7 Å². The topological polar surface area (TPSA) is 46.0 Å². The van der Waals surface area contributed by atoms with Gasteiger partial charge in [-0.2, -0.15) is 14.9 Å². The van der Waals surface area contributed by atoms with Crippen molar-refractivity contribution in [1.82, 2.24) is 14.9 Å². The molecule has 3 rings (SSSR count). The van der Waals surface area contributed by atoms with Gasteiger partial charge in [0.05, 0.1) is 21.1 Å². The van der Waals surface area contributed by atoms with Crippen molar-refractivity contribution >= 4 is 53.0 Å². The third-order valence-electron chi connectivity index (χ3n) is 2.69. The Balaban J connectivity index is 2.05. The van der Waals surface area contributed by atoms with Gasteiger partial charge in [0.1, 0.15) is 0 Å². The Labute approximate surface area is 139 Å². The van der Waals surface area contributed by atoms with Crippen LogP contribution in [0.3, 0.4) is 0 Å². The van der Waals surface area contributed by atoms with Crippen LogP contribution in [-0.2, 0) is 0 Å². The minimum absolute atomic E-state index is 0.401. The predicted octanol–water partition coefficient (Wildman–Crippen LogP) is 4.86. The molecule has 0 unspecified atom stereocenters. The number of benzene rings is 1. The average molecular weight is 355 g/mol. The van der Waals surface area contributed by atoms with Gasteiger partial charge in [-0.15, -0.1) is 11.3 Å². The maximum absolute atomic E-state index is 6.12. The molecule has 0 atom stereocenters. The van der Waals surface area contributed by atoms with E-state index in [1.54, 1.807) is 40.4 Å². The normalized spacial score (nSPS) is 11.3. The van der Waals surface area contributed by atoms with Crippen molar-refractivity contribution in [2.75, 3.05) is 0 Å². The molecule has 1 N–H and O–H groups in total. The van der Waals surface area contributed by atoms with Crippen molar-refractivity contribution in [3.05, 3.63) is 56.1 Å². The van der Waals surface area contributed by atoms with Crippen molar-refractivity contribution in [3.63, 3.8) is 0 Å². The van der Waals surface area contributed by atoms with Crippen LogP contribution < -0.4 is 0 Å². The molecule has 8 heteroatoms. The van der Waals surface area contributed by atoms with E-state index in [0.717, 1.165) is 4.88 Å². The highest BCUT2D eigenvalue weighted by molar-refractivity contribution is 7.71. The summed E-state index contributed by atoms with van der Waals surface area (Å²) in [6.07, 6.45) is 1.58. The van der Waals surface area contributed by atoms with Gasteiger partial charge in [-0.05, 0) is 35.8 Å². The lowest BCUT2D eigenvalue weighted by Gasteiger charge is -2.01. The molecule has 0 saturated heterocycles. The number of hydrogen-bond donors (Lipinski definition) is 1. The van der Waals surface area contributed by atoms with E-state index in [1.165, 1.54) is 0 Å². The average Bonchev–Trinajstić information content (AvgIpc) is 3.08. The zero-order valence-corrected chi connectivity index (χ0v) is 13.6. The van der Waals surface area contributed by atoms with Crippen LogP contribution in [-0.4, -0.2) is 21.1 Å². The van der Waals surface area contributed by atoms with Crippen LogP contribution in [0.15, 0.2) is 40.8 Å². The summed E-state index contributed by atoms with van der Waals surface area (Å²) in [6, 6.07) is 9.18. The summed E-state index contributed by atoms with van der Waals surface area (Å²) in [5, 5.41) is 14.3. The third-order valence-corrected chi connectivity index (χ3v) is 4.48. The number of nitrogens with one attached hydrogen (secondary N) is 1. The zero-order valence-electron chi connectivity index (χ0n) is 10.5. The van der Waals surface area contributed by atoms with Gasteiger partial charge in [-0.25, -0.2) is 5.10 Å². The minimum atomic E-state index is 0.401. The number of nitrogens with zero attached hydrogens (tertiary/aromatic N) is 3. The molecular weight excluding hydrogens is 347 g/mol. The number of aromatic nitrogens is 3. The lowest BCUT2D eigenvalue weighted by molar-refractivity contribution is 0.873. The fraction of sp³-hybridized carbons (Fsp3) is 0. The number of rotatable bonds is 3. The monoisotopic (exact) mass is 354 g/mol. The molecule has 0 spiro atoms. The van der Waals surface area contributed by atoms with Gasteiger partial charge < -0.3 is 0 Å². The molecule has 0 radical (unpaired) electrons. The van der Waals surface area contributed by atoms with Gasteiger partial charge in [0.2, 0.25) is 4.77 Å². The minimum Gasteiger partial charge on any atom is -0.250 e. The maximum Gasteiger partial charge on any atom is 0.216 e. The number of hydrogen-bond acceptors (Lipinski definition) is 4. The van der Waals surface area contributed by atoms with Gasteiger partial charge >= 0.3 is 0 Å². The molecule has 106 valence electrons. The summed E-state index contributed by atoms with van der Waals surface area (Å²) in [5.41, 5.74) is 0.640. The van der Waals surface area contributed by atoms with Crippen molar-refractivity contribution in [1.29, 1.82) is 0 Å². The van der Waals surface area contributed by atoms with E-state index in [0.29, 0.717) is 26.2 Å². The van der Waals surface area contributed by atoms with E-state index in [1.807, 2.05) is 17.5 Å². The van der Waals surface area contributed by atoms with Gasteiger partial charge in [-0.3, -0.25) is 0 Å². The summed E-state index contributed by atoms with van der Waals surface area (Å²) in [4.78, 5) is 0.963. The SMILES string of the molecule is S=c1[nH]nc(-c2cccs2)n1N=Cc1c(Cl)cccc1Cl. The molecule has 2 aromatic heterocycles. The Hall–Kier alpha value is -1.47. The first-order chi connectivity index (χ1) is 10.2. The predicted molar refractivity (Wildman–Crippen MR) is 90.2 cm³/mol. The van der Waals surface area contributed by atoms with Gasteiger partial charge in [0, 0.05) is 5.56 Å². The molecular formula is C13H8Cl2N4S2. The molecule has 0 aliphatic carbocycles. The molecule has 1 aromatic carbocycles. The number of thiophene rings is 1. The highest BCUT2D eigenvalue weighted by atomic mass is 35.5. The Morgan fingerprint density at radius 1 is 1.24 bits per heavy atom. The molecule has 21 heavy (non-hydrogen) atoms. The Kier molecular flexibility index (Phi) is 4.21. The van der Waals surface area contributed by atoms with Crippen LogP contribution >= 0.6 is 46.8 Å². The lowest BCUT2D eigenvalue weighted by Crippen LogP contribution is -1.94. The molecule has 0 fully saturated rings. The number of H-pyrrole nitrogens is 1. The number of halogens is 2. The summed E-state index contributed by atoms with van der Waals surface area (Å²) < 4.78 is 1.94. The maximum atomic E-state index is 6.12. The van der Waals surface area contributed by atoms with Crippen LogP contribution in [0.5, 0.6) is 0 Å². The van der Waals surface area contributed by atoms with Crippen molar-refractivity contribution < 1.29 is 0 Å². The highest BCUT2D eigenvalue weighted by Gasteiger charge is 2.09. The Morgan fingerprint density at radius 3 is 2.67 bits per heavy atom. The van der Waals surface area contributed by atoms with E-state index in [-0.39, 0.29) is 0 Å². The van der Waals surface area contributed by atoms with Crippen LogP contribution in [0.2, 0.25) is 10.0 Å². The van der Waals surface area contributed by atoms with E-state index in [4.69, 9.17) is 35.4 Å². The second kappa shape index (κ2) is 6.11. The van der Waals surface area contributed by atoms with Gasteiger partial charge in [0.25, 0.3) is 0 Å². The van der Waals surface area contributed by atoms with Gasteiger partial charge in [0.15, 0.2) is 5.82 Å². The summed E-state index contributed by atoms with van der Waals surface area (Å²) in [5.74, 6) is 0.648. The van der Waals surface area contributed by atoms with Gasteiger partial charge in [-0.1, -0.05) is 35.3 Å². The quantitative estimate of drug-likeness (QED) is 0.539. The van der Waals surface area contributed by atoms with E-state index < -0.39 is 0 Å². The fourth-order valence-electron chi connectivity index (χ4n) is 1.71. The molecule has 0 bridgehead atoms. The van der Waals surface area contributed by atoms with E-state index in [2.05, 4.69) is 15.3 Å². The largest absolute Gasteiger partial charge is 0.250 e. The first kappa shape index (κ1) is 14.5. The van der Waals surface area contributed by atoms with Crippen molar-refractivity contribution in [2.24, 2.45) is 5.10 Å². The molecule has 0 aliphatic rings. The highest BCUT2D eigenvalue weighted by Crippen LogP contribution is 2.24. The van der Waals surface area contributed by atoms with E-state index >= 15 is 0 Å². The van der Waals surface area contributed by atoms with Crippen molar-refractivity contribution in [3.8, 4) is 10.7 Å². The molecule has 0 saturated carbocycles. The first-order valence-electron chi connectivity index (χ1n) is 5.86. The van der Waals surface area contributed by atoms with Crippen molar-refractivity contribution in [2.45, 2.75) is 0 Å². The Morgan fingerprint density at radius 2 is 2.00 bits per heavy atom. The van der Waals surface area contributed by atoms with Crippen LogP contribution in [0.1, 0.15) is 5.56 Å². The standard InChI is InChI=1S/C13H8Cl2N4S2/c14-9-3-1-4-10(15)8(9)7-16-19-12(17-18-13(19)20)11-5-2-6-21-11/h1-7H,(H,18,20). The summed E-state index contributed by atoms with van der Waals surface area (Å²) >= 11 is 19.0. The lowest BCUT2D eigenvalue weighted by atomic mass is 10.2. The fourth-order valence-corrected chi connectivity index (χ4v) is 3.09. The molecule has 0 amide bonds. The smallest absolute Gasteiger partial charge is 0.216 e. The van der Waals surface area contributed by atoms with Crippen LogP contribution in [0, 0.1) is 4.77 Å². The third kappa shape index (κ3) is 2.94. The van der Waals surface area contributed by atoms with E-state index in [9.17, 15) is 0 Å². The second-order valence-electron chi connectivity index (χ2n) is 4.02.